The number of aliphatic hydroxyl groups is 1. The Kier molecular flexibility index (Phi) is 12.3. The minimum Gasteiger partial charge on any atom is -0.480 e. The van der Waals surface area contributed by atoms with Crippen LogP contribution in [0.2, 0.25) is 10.0 Å². The minimum atomic E-state index is -4.51. The Morgan fingerprint density at radius 2 is 1.23 bits per heavy atom. The normalized spacial score (nSPS) is 12.8. The van der Waals surface area contributed by atoms with E-state index in [9.17, 15) is 40.3 Å². The van der Waals surface area contributed by atoms with Crippen molar-refractivity contribution >= 4 is 35.1 Å². The second-order valence-electron chi connectivity index (χ2n) is 6.40. The molecule has 0 aliphatic carbocycles. The zero-order valence-electron chi connectivity index (χ0n) is 17.6. The molecule has 2 rings (SSSR count). The Labute approximate surface area is 203 Å². The molecule has 15 heteroatoms. The van der Waals surface area contributed by atoms with Crippen LogP contribution in [-0.2, 0) is 0 Å². The molecule has 2 aromatic carbocycles. The third kappa shape index (κ3) is 12.0. The summed E-state index contributed by atoms with van der Waals surface area (Å²) in [7, 11) is 0. The van der Waals surface area contributed by atoms with Gasteiger partial charge in [0.1, 0.15) is 17.7 Å². The summed E-state index contributed by atoms with van der Waals surface area (Å²) >= 11 is 10.9. The molecule has 0 aromatic heterocycles. The van der Waals surface area contributed by atoms with Crippen LogP contribution in [0.4, 0.5) is 30.7 Å². The van der Waals surface area contributed by atoms with Crippen LogP contribution >= 0.6 is 23.2 Å². The topological polar surface area (TPSA) is 104 Å². The molecule has 0 amide bonds. The zero-order chi connectivity index (χ0) is 27.7. The van der Waals surface area contributed by atoms with Crippen LogP contribution in [0.5, 0.6) is 5.75 Å². The van der Waals surface area contributed by atoms with Crippen molar-refractivity contribution in [2.45, 2.75) is 38.4 Å². The number of aromatic carboxylic acids is 2. The van der Waals surface area contributed by atoms with Gasteiger partial charge in [0, 0.05) is 0 Å². The molecule has 0 unspecified atom stereocenters. The molecule has 0 fully saturated rings. The maximum atomic E-state index is 12.4. The summed E-state index contributed by atoms with van der Waals surface area (Å²) in [5.74, 6) is -3.16. The monoisotopic (exact) mass is 556 g/mol. The maximum absolute atomic E-state index is 12.4. The highest BCUT2D eigenvalue weighted by Gasteiger charge is 2.38. The maximum Gasteiger partial charge on any atom is 0.425 e. The lowest BCUT2D eigenvalue weighted by molar-refractivity contribution is -0.197. The highest BCUT2D eigenvalue weighted by atomic mass is 35.5. The van der Waals surface area contributed by atoms with Crippen molar-refractivity contribution < 1.29 is 60.4 Å². The van der Waals surface area contributed by atoms with E-state index in [4.69, 9.17) is 38.5 Å². The number of hydrogen-bond donors (Lipinski definition) is 3. The Hall–Kier alpha value is -2.77. The van der Waals surface area contributed by atoms with Gasteiger partial charge in [-0.05, 0) is 50.2 Å². The van der Waals surface area contributed by atoms with Gasteiger partial charge in [0.2, 0.25) is 0 Å². The Balaban J connectivity index is 0.000000550. The molecular weight excluding hydrogens is 540 g/mol. The van der Waals surface area contributed by atoms with Gasteiger partial charge < -0.3 is 20.1 Å². The van der Waals surface area contributed by atoms with Crippen molar-refractivity contribution in [3.05, 3.63) is 63.4 Å². The molecule has 0 aliphatic heterocycles. The zero-order valence-corrected chi connectivity index (χ0v) is 19.1. The third-order valence-electron chi connectivity index (χ3n) is 3.58. The molecule has 0 saturated carbocycles. The molecule has 0 aliphatic rings. The summed E-state index contributed by atoms with van der Waals surface area (Å²) in [6.07, 6.45) is -13.2. The summed E-state index contributed by atoms with van der Waals surface area (Å²) in [6.45, 7) is 1.52. The predicted octanol–water partition coefficient (Wildman–Crippen LogP) is 6.47. The molecule has 196 valence electrons. The minimum absolute atomic E-state index is 0.0172. The molecule has 0 bridgehead atoms. The summed E-state index contributed by atoms with van der Waals surface area (Å²) in [5.41, 5.74) is -0.140. The fraction of sp³-hybridized carbons (Fsp3) is 0.300. The Morgan fingerprint density at radius 3 is 1.54 bits per heavy atom. The van der Waals surface area contributed by atoms with Gasteiger partial charge in [-0.3, -0.25) is 0 Å². The Bertz CT molecular complexity index is 1010. The van der Waals surface area contributed by atoms with Gasteiger partial charge >= 0.3 is 24.3 Å². The fourth-order valence-corrected chi connectivity index (χ4v) is 2.02. The van der Waals surface area contributed by atoms with E-state index < -0.39 is 42.3 Å². The van der Waals surface area contributed by atoms with Crippen molar-refractivity contribution in [2.75, 3.05) is 0 Å². The van der Waals surface area contributed by atoms with Crippen LogP contribution in [-0.4, -0.2) is 51.8 Å². The number of carbonyl (C=O) groups is 2. The second kappa shape index (κ2) is 13.4. The van der Waals surface area contributed by atoms with Gasteiger partial charge in [0.05, 0.1) is 21.2 Å². The Morgan fingerprint density at radius 1 is 0.829 bits per heavy atom. The first kappa shape index (κ1) is 32.2. The molecule has 0 radical (unpaired) electrons. The van der Waals surface area contributed by atoms with E-state index in [1.165, 1.54) is 0 Å². The number of alkyl halides is 6. The van der Waals surface area contributed by atoms with Crippen LogP contribution < -0.4 is 4.74 Å². The largest absolute Gasteiger partial charge is 0.480 e. The molecule has 35 heavy (non-hydrogen) atoms. The molecule has 2 aromatic rings. The molecular formula is C20H17Cl2F7O6. The first-order chi connectivity index (χ1) is 15.8. The van der Waals surface area contributed by atoms with Gasteiger partial charge in [-0.2, -0.15) is 26.3 Å². The average Bonchev–Trinajstić information content (AvgIpc) is 2.70. The lowest BCUT2D eigenvalue weighted by Crippen LogP contribution is -2.31. The van der Waals surface area contributed by atoms with Gasteiger partial charge in [-0.1, -0.05) is 23.2 Å². The number of halogens is 9. The highest BCUT2D eigenvalue weighted by molar-refractivity contribution is 6.32. The number of carboxylic acid groups (broad SMARTS) is 2. The number of benzene rings is 2. The first-order valence-corrected chi connectivity index (χ1v) is 9.72. The van der Waals surface area contributed by atoms with E-state index in [-0.39, 0.29) is 26.9 Å². The highest BCUT2D eigenvalue weighted by Crippen LogP contribution is 2.30. The standard InChI is InChI=1S/C10H8ClF3O3.C7H4ClFO2.C3H5F3O/c1-5(10(12,13)14)17-8-3-2-6(9(15)16)4-7(8)11;8-5-3-4(7(10)11)1-2-6(5)9;1-2(7)3(4,5)6/h2-5H,1H3,(H,15,16);1-3H,(H,10,11);2,7H,1H3/t5-;;2-/m1.1/s1. The van der Waals surface area contributed by atoms with Crippen molar-refractivity contribution in [3.8, 4) is 5.75 Å². The lowest BCUT2D eigenvalue weighted by atomic mass is 10.2. The van der Waals surface area contributed by atoms with Crippen LogP contribution in [0.3, 0.4) is 0 Å². The van der Waals surface area contributed by atoms with Crippen molar-refractivity contribution in [2.24, 2.45) is 0 Å². The average molecular weight is 557 g/mol. The van der Waals surface area contributed by atoms with Crippen molar-refractivity contribution in [1.82, 2.24) is 0 Å². The van der Waals surface area contributed by atoms with E-state index in [2.05, 4.69) is 4.74 Å². The van der Waals surface area contributed by atoms with Gasteiger partial charge in [-0.25, -0.2) is 14.0 Å². The quantitative estimate of drug-likeness (QED) is 0.372. The van der Waals surface area contributed by atoms with E-state index in [0.717, 1.165) is 43.3 Å². The number of ether oxygens (including phenoxy) is 1. The van der Waals surface area contributed by atoms with Crippen LogP contribution in [0.25, 0.3) is 0 Å². The second-order valence-corrected chi connectivity index (χ2v) is 7.22. The predicted molar refractivity (Wildman–Crippen MR) is 111 cm³/mol. The van der Waals surface area contributed by atoms with E-state index in [1.54, 1.807) is 0 Å². The summed E-state index contributed by atoms with van der Waals surface area (Å²) in [6, 6.07) is 6.48. The summed E-state index contributed by atoms with van der Waals surface area (Å²) < 4.78 is 86.5. The molecule has 0 spiro atoms. The molecule has 6 nitrogen and oxygen atoms in total. The molecule has 0 saturated heterocycles. The van der Waals surface area contributed by atoms with E-state index in [0.29, 0.717) is 6.92 Å². The van der Waals surface area contributed by atoms with Crippen molar-refractivity contribution in [1.29, 1.82) is 0 Å². The van der Waals surface area contributed by atoms with Crippen LogP contribution in [0.1, 0.15) is 34.6 Å². The van der Waals surface area contributed by atoms with E-state index in [1.807, 2.05) is 0 Å². The van der Waals surface area contributed by atoms with Gasteiger partial charge in [0.15, 0.2) is 6.10 Å². The summed E-state index contributed by atoms with van der Waals surface area (Å²) in [5, 5.41) is 24.5. The van der Waals surface area contributed by atoms with Crippen LogP contribution in [0, 0.1) is 5.82 Å². The third-order valence-corrected chi connectivity index (χ3v) is 4.17. The first-order valence-electron chi connectivity index (χ1n) is 8.96. The van der Waals surface area contributed by atoms with Gasteiger partial charge in [-0.15, -0.1) is 0 Å². The van der Waals surface area contributed by atoms with Crippen LogP contribution in [0.15, 0.2) is 36.4 Å². The molecule has 3 N–H and O–H groups in total. The smallest absolute Gasteiger partial charge is 0.425 e. The number of rotatable bonds is 4. The summed E-state index contributed by atoms with van der Waals surface area (Å²) in [4.78, 5) is 20.8. The SMILES string of the molecule is C[C@@H](O)C(F)(F)F.C[C@@H](Oc1ccc(C(=O)O)cc1Cl)C(F)(F)F.O=C(O)c1ccc(F)c(Cl)c1. The van der Waals surface area contributed by atoms with Gasteiger partial charge in [0.25, 0.3) is 0 Å². The van der Waals surface area contributed by atoms with Crippen molar-refractivity contribution in [3.63, 3.8) is 0 Å². The molecule has 0 heterocycles. The number of carboxylic acids is 2. The number of hydrogen-bond acceptors (Lipinski definition) is 4. The number of aliphatic hydroxyl groups excluding tert-OH is 1. The van der Waals surface area contributed by atoms with E-state index >= 15 is 0 Å². The lowest BCUT2D eigenvalue weighted by Gasteiger charge is -2.18. The fourth-order valence-electron chi connectivity index (χ4n) is 1.62. The molecule has 2 atom stereocenters.